The summed E-state index contributed by atoms with van der Waals surface area (Å²) in [4.78, 5) is 40.1. The van der Waals surface area contributed by atoms with Crippen LogP contribution in [0.25, 0.3) is 0 Å². The number of hydrogen-bond donors (Lipinski definition) is 2. The van der Waals surface area contributed by atoms with Gasteiger partial charge in [0.05, 0.1) is 4.88 Å². The van der Waals surface area contributed by atoms with Gasteiger partial charge in [-0.2, -0.15) is 0 Å². The van der Waals surface area contributed by atoms with E-state index in [2.05, 4.69) is 10.6 Å². The van der Waals surface area contributed by atoms with Crippen LogP contribution >= 0.6 is 11.3 Å². The first-order valence-corrected chi connectivity index (χ1v) is 10.7. The van der Waals surface area contributed by atoms with E-state index < -0.39 is 11.5 Å². The number of amides is 3. The van der Waals surface area contributed by atoms with Gasteiger partial charge in [0, 0.05) is 23.3 Å². The van der Waals surface area contributed by atoms with Crippen molar-refractivity contribution in [3.63, 3.8) is 0 Å². The smallest absolute Gasteiger partial charge is 0.264 e. The molecule has 1 aliphatic rings. The van der Waals surface area contributed by atoms with Crippen LogP contribution in [0.1, 0.15) is 49.7 Å². The summed E-state index contributed by atoms with van der Waals surface area (Å²) in [6.45, 7) is 6.14. The molecule has 1 aliphatic heterocycles. The number of nitrogens with one attached hydrogen (secondary N) is 2. The number of carbonyl (C=O) groups is 3. The zero-order valence-corrected chi connectivity index (χ0v) is 17.8. The van der Waals surface area contributed by atoms with Crippen LogP contribution in [0.15, 0.2) is 41.8 Å². The zero-order chi connectivity index (χ0) is 21.0. The third-order valence-electron chi connectivity index (χ3n) is 4.89. The Morgan fingerprint density at radius 1 is 1.00 bits per heavy atom. The fraction of sp³-hybridized carbons (Fsp3) is 0.409. The van der Waals surface area contributed by atoms with Gasteiger partial charge in [0.25, 0.3) is 5.91 Å². The van der Waals surface area contributed by atoms with E-state index in [0.717, 1.165) is 12.8 Å². The van der Waals surface area contributed by atoms with Gasteiger partial charge in [-0.05, 0) is 55.0 Å². The normalized spacial score (nSPS) is 16.9. The average molecular weight is 414 g/mol. The summed E-state index contributed by atoms with van der Waals surface area (Å²) in [5.74, 6) is -0.333. The maximum absolute atomic E-state index is 12.9. The number of thiophene rings is 1. The Balaban J connectivity index is 1.65. The van der Waals surface area contributed by atoms with E-state index in [1.165, 1.54) is 11.3 Å². The Morgan fingerprint density at radius 2 is 1.66 bits per heavy atom. The molecule has 1 atom stereocenters. The molecule has 1 saturated heterocycles. The predicted molar refractivity (Wildman–Crippen MR) is 116 cm³/mol. The molecule has 6 nitrogen and oxygen atoms in total. The summed E-state index contributed by atoms with van der Waals surface area (Å²) in [6, 6.07) is 10.2. The summed E-state index contributed by atoms with van der Waals surface area (Å²) >= 11 is 1.39. The number of hydrogen-bond acceptors (Lipinski definition) is 4. The van der Waals surface area contributed by atoms with Gasteiger partial charge in [0.2, 0.25) is 11.8 Å². The highest BCUT2D eigenvalue weighted by molar-refractivity contribution is 7.12. The van der Waals surface area contributed by atoms with Crippen molar-refractivity contribution in [3.05, 3.63) is 46.7 Å². The van der Waals surface area contributed by atoms with Gasteiger partial charge >= 0.3 is 0 Å². The fourth-order valence-electron chi connectivity index (χ4n) is 3.17. The van der Waals surface area contributed by atoms with Crippen molar-refractivity contribution < 1.29 is 14.4 Å². The number of carbonyl (C=O) groups excluding carboxylic acids is 3. The molecule has 0 radical (unpaired) electrons. The average Bonchev–Trinajstić information content (AvgIpc) is 3.23. The second-order valence-electron chi connectivity index (χ2n) is 8.26. The Hall–Kier alpha value is -2.67. The van der Waals surface area contributed by atoms with Crippen molar-refractivity contribution in [3.8, 4) is 0 Å². The molecular weight excluding hydrogens is 386 g/mol. The highest BCUT2D eigenvalue weighted by atomic mass is 32.1. The number of nitrogens with zero attached hydrogens (tertiary/aromatic N) is 1. The molecule has 3 rings (SSSR count). The zero-order valence-electron chi connectivity index (χ0n) is 17.0. The molecular formula is C22H27N3O3S. The van der Waals surface area contributed by atoms with Crippen LogP contribution in [0.2, 0.25) is 0 Å². The number of piperidine rings is 1. The van der Waals surface area contributed by atoms with E-state index in [4.69, 9.17) is 0 Å². The van der Waals surface area contributed by atoms with Gasteiger partial charge < -0.3 is 15.5 Å². The van der Waals surface area contributed by atoms with Crippen molar-refractivity contribution >= 4 is 40.4 Å². The monoisotopic (exact) mass is 413 g/mol. The van der Waals surface area contributed by atoms with Crippen LogP contribution in [0.5, 0.6) is 0 Å². The molecule has 154 valence electrons. The molecule has 0 aliphatic carbocycles. The minimum atomic E-state index is -0.480. The third kappa shape index (κ3) is 5.23. The van der Waals surface area contributed by atoms with E-state index in [9.17, 15) is 14.4 Å². The minimum absolute atomic E-state index is 0.0702. The second kappa shape index (κ2) is 8.78. The maximum Gasteiger partial charge on any atom is 0.264 e. The molecule has 7 heteroatoms. The number of rotatable bonds is 4. The number of anilines is 2. The first-order chi connectivity index (χ1) is 13.8. The fourth-order valence-corrected chi connectivity index (χ4v) is 3.85. The molecule has 0 saturated carbocycles. The largest absolute Gasteiger partial charge is 0.326 e. The molecule has 2 N–H and O–H groups in total. The van der Waals surface area contributed by atoms with Crippen LogP contribution in [-0.2, 0) is 9.59 Å². The number of likely N-dealkylation sites (tertiary alicyclic amines) is 1. The van der Waals surface area contributed by atoms with Gasteiger partial charge in [0.1, 0.15) is 6.04 Å². The quantitative estimate of drug-likeness (QED) is 0.781. The van der Waals surface area contributed by atoms with Crippen LogP contribution < -0.4 is 10.6 Å². The van der Waals surface area contributed by atoms with Crippen molar-refractivity contribution in [1.82, 2.24) is 4.90 Å². The summed E-state index contributed by atoms with van der Waals surface area (Å²) in [5.41, 5.74) is 0.833. The standard InChI is InChI=1S/C22H27N3O3S/c1-22(2,3)21(28)24-16-11-9-15(10-12-16)23-19(26)17-7-4-5-13-25(17)20(27)18-8-6-14-29-18/h6,8-12,14,17H,4-5,7,13H2,1-3H3,(H,23,26)(H,24,28). The summed E-state index contributed by atoms with van der Waals surface area (Å²) < 4.78 is 0. The highest BCUT2D eigenvalue weighted by Crippen LogP contribution is 2.24. The van der Waals surface area contributed by atoms with Crippen LogP contribution in [0.3, 0.4) is 0 Å². The molecule has 1 aromatic heterocycles. The van der Waals surface area contributed by atoms with Crippen molar-refractivity contribution in [1.29, 1.82) is 0 Å². The van der Waals surface area contributed by atoms with Crippen LogP contribution in [0, 0.1) is 5.41 Å². The maximum atomic E-state index is 12.9. The highest BCUT2D eigenvalue weighted by Gasteiger charge is 2.33. The molecule has 2 heterocycles. The topological polar surface area (TPSA) is 78.5 Å². The molecule has 1 fully saturated rings. The SMILES string of the molecule is CC(C)(C)C(=O)Nc1ccc(NC(=O)C2CCCCN2C(=O)c2cccs2)cc1. The Kier molecular flexibility index (Phi) is 6.37. The first kappa shape index (κ1) is 21.0. The summed E-state index contributed by atoms with van der Waals surface area (Å²) in [7, 11) is 0. The van der Waals surface area contributed by atoms with E-state index in [1.807, 2.05) is 32.2 Å². The Labute approximate surface area is 175 Å². The van der Waals surface area contributed by atoms with Crippen LogP contribution in [0.4, 0.5) is 11.4 Å². The lowest BCUT2D eigenvalue weighted by molar-refractivity contribution is -0.123. The van der Waals surface area contributed by atoms with Crippen molar-refractivity contribution in [2.24, 2.45) is 5.41 Å². The lowest BCUT2D eigenvalue weighted by Gasteiger charge is -2.34. The predicted octanol–water partition coefficient (Wildman–Crippen LogP) is 4.37. The third-order valence-corrected chi connectivity index (χ3v) is 5.75. The lowest BCUT2D eigenvalue weighted by Crippen LogP contribution is -2.49. The molecule has 0 spiro atoms. The molecule has 29 heavy (non-hydrogen) atoms. The van der Waals surface area contributed by atoms with Gasteiger partial charge in [-0.1, -0.05) is 26.8 Å². The van der Waals surface area contributed by atoms with Gasteiger partial charge in [-0.15, -0.1) is 11.3 Å². The van der Waals surface area contributed by atoms with Crippen LogP contribution in [-0.4, -0.2) is 35.2 Å². The van der Waals surface area contributed by atoms with Crippen molar-refractivity contribution in [2.75, 3.05) is 17.2 Å². The molecule has 0 bridgehead atoms. The summed E-state index contributed by atoms with van der Waals surface area (Å²) in [5, 5.41) is 7.64. The molecule has 2 aromatic rings. The number of benzene rings is 1. The van der Waals surface area contributed by atoms with E-state index in [-0.39, 0.29) is 17.7 Å². The Morgan fingerprint density at radius 3 is 2.24 bits per heavy atom. The molecule has 1 aromatic carbocycles. The van der Waals surface area contributed by atoms with Gasteiger partial charge in [-0.25, -0.2) is 0 Å². The second-order valence-corrected chi connectivity index (χ2v) is 9.21. The van der Waals surface area contributed by atoms with E-state index in [0.29, 0.717) is 29.2 Å². The van der Waals surface area contributed by atoms with Crippen molar-refractivity contribution in [2.45, 2.75) is 46.1 Å². The lowest BCUT2D eigenvalue weighted by atomic mass is 9.95. The van der Waals surface area contributed by atoms with Gasteiger partial charge in [0.15, 0.2) is 0 Å². The minimum Gasteiger partial charge on any atom is -0.326 e. The first-order valence-electron chi connectivity index (χ1n) is 9.82. The van der Waals surface area contributed by atoms with E-state index in [1.54, 1.807) is 35.2 Å². The summed E-state index contributed by atoms with van der Waals surface area (Å²) in [6.07, 6.45) is 2.48. The van der Waals surface area contributed by atoms with Gasteiger partial charge in [-0.3, -0.25) is 14.4 Å². The van der Waals surface area contributed by atoms with E-state index >= 15 is 0 Å². The molecule has 3 amide bonds. The molecule has 1 unspecified atom stereocenters. The Bertz CT molecular complexity index is 870.